The van der Waals surface area contributed by atoms with E-state index in [9.17, 15) is 19.2 Å². The molecule has 2 aromatic rings. The number of alkyl halides is 2. The van der Waals surface area contributed by atoms with Crippen LogP contribution in [-0.2, 0) is 19.1 Å². The van der Waals surface area contributed by atoms with Crippen LogP contribution >= 0.6 is 39.1 Å². The molecule has 0 aromatic heterocycles. The fourth-order valence-electron chi connectivity index (χ4n) is 5.54. The number of carbonyl (C=O) groups is 4. The molecule has 1 heterocycles. The van der Waals surface area contributed by atoms with Crippen molar-refractivity contribution in [3.8, 4) is 0 Å². The molecular weight excluding hydrogens is 559 g/mol. The maximum Gasteiger partial charge on any atom is 0.338 e. The summed E-state index contributed by atoms with van der Waals surface area (Å²) in [6, 6.07) is 11.5. The number of halogens is 3. The van der Waals surface area contributed by atoms with Crippen molar-refractivity contribution in [3.05, 3.63) is 58.1 Å². The van der Waals surface area contributed by atoms with Gasteiger partial charge in [0.05, 0.1) is 33.8 Å². The highest BCUT2D eigenvalue weighted by Crippen LogP contribution is 2.59. The second kappa shape index (κ2) is 9.22. The van der Waals surface area contributed by atoms with E-state index in [2.05, 4.69) is 21.2 Å². The summed E-state index contributed by atoms with van der Waals surface area (Å²) in [5, 5.41) is 2.02. The van der Waals surface area contributed by atoms with Crippen molar-refractivity contribution in [2.75, 3.05) is 16.8 Å². The molecular formula is C25H21BrCl2N2O5. The van der Waals surface area contributed by atoms with Crippen molar-refractivity contribution < 1.29 is 23.9 Å². The topological polar surface area (TPSA) is 92.8 Å². The van der Waals surface area contributed by atoms with Crippen molar-refractivity contribution in [2.45, 2.75) is 24.1 Å². The molecule has 182 valence electrons. The van der Waals surface area contributed by atoms with Gasteiger partial charge in [0.15, 0.2) is 6.61 Å². The Bertz CT molecular complexity index is 1220. The van der Waals surface area contributed by atoms with Gasteiger partial charge in [0.2, 0.25) is 11.8 Å². The minimum Gasteiger partial charge on any atom is -0.452 e. The molecule has 0 spiro atoms. The molecule has 0 radical (unpaired) electrons. The molecule has 1 N–H and O–H groups in total. The normalized spacial score (nSPS) is 28.9. The van der Waals surface area contributed by atoms with Crippen LogP contribution in [0, 0.1) is 30.6 Å². The lowest BCUT2D eigenvalue weighted by Gasteiger charge is -2.28. The first-order valence-corrected chi connectivity index (χ1v) is 12.8. The Kier molecular flexibility index (Phi) is 6.40. The molecule has 2 saturated carbocycles. The molecule has 10 heteroatoms. The van der Waals surface area contributed by atoms with E-state index in [4.69, 9.17) is 27.9 Å². The van der Waals surface area contributed by atoms with Gasteiger partial charge in [-0.05, 0) is 67.1 Å². The zero-order chi connectivity index (χ0) is 25.0. The third-order valence-electron chi connectivity index (χ3n) is 7.12. The third kappa shape index (κ3) is 4.15. The summed E-state index contributed by atoms with van der Waals surface area (Å²) in [7, 11) is 0. The molecule has 6 atom stereocenters. The van der Waals surface area contributed by atoms with Crippen LogP contribution in [0.5, 0.6) is 0 Å². The molecule has 1 aliphatic heterocycles. The number of rotatable bonds is 5. The van der Waals surface area contributed by atoms with Crippen LogP contribution in [0.1, 0.15) is 22.3 Å². The van der Waals surface area contributed by atoms with Gasteiger partial charge in [-0.3, -0.25) is 19.3 Å². The van der Waals surface area contributed by atoms with Crippen LogP contribution < -0.4 is 10.2 Å². The lowest BCUT2D eigenvalue weighted by Crippen LogP contribution is -2.37. The zero-order valence-corrected chi connectivity index (χ0v) is 21.6. The zero-order valence-electron chi connectivity index (χ0n) is 18.5. The van der Waals surface area contributed by atoms with E-state index in [1.807, 2.05) is 13.0 Å². The number of benzene rings is 2. The van der Waals surface area contributed by atoms with Crippen LogP contribution in [0.3, 0.4) is 0 Å². The molecule has 3 fully saturated rings. The lowest BCUT2D eigenvalue weighted by atomic mass is 9.80. The van der Waals surface area contributed by atoms with E-state index < -0.39 is 30.3 Å². The minimum atomic E-state index is -0.740. The van der Waals surface area contributed by atoms with Gasteiger partial charge in [-0.1, -0.05) is 22.0 Å². The number of anilines is 2. The van der Waals surface area contributed by atoms with Crippen molar-refractivity contribution in [3.63, 3.8) is 0 Å². The summed E-state index contributed by atoms with van der Waals surface area (Å²) < 4.78 is 6.05. The van der Waals surface area contributed by atoms with Crippen LogP contribution in [-0.4, -0.2) is 41.1 Å². The molecule has 2 bridgehead atoms. The van der Waals surface area contributed by atoms with Gasteiger partial charge in [-0.2, -0.15) is 0 Å². The van der Waals surface area contributed by atoms with E-state index in [0.29, 0.717) is 12.1 Å². The highest BCUT2D eigenvalue weighted by atomic mass is 79.9. The Labute approximate surface area is 220 Å². The largest absolute Gasteiger partial charge is 0.452 e. The third-order valence-corrected chi connectivity index (χ3v) is 8.94. The van der Waals surface area contributed by atoms with Gasteiger partial charge < -0.3 is 10.1 Å². The smallest absolute Gasteiger partial charge is 0.338 e. The number of nitrogens with zero attached hydrogens (tertiary/aromatic N) is 1. The summed E-state index contributed by atoms with van der Waals surface area (Å²) in [4.78, 5) is 52.4. The van der Waals surface area contributed by atoms with Crippen molar-refractivity contribution in [2.24, 2.45) is 23.7 Å². The fourth-order valence-corrected chi connectivity index (χ4v) is 6.91. The van der Waals surface area contributed by atoms with Crippen molar-refractivity contribution >= 4 is 74.2 Å². The van der Waals surface area contributed by atoms with Gasteiger partial charge in [0.25, 0.3) is 5.91 Å². The predicted molar refractivity (Wildman–Crippen MR) is 135 cm³/mol. The van der Waals surface area contributed by atoms with Crippen LogP contribution in [0.15, 0.2) is 46.9 Å². The molecule has 3 amide bonds. The van der Waals surface area contributed by atoms with E-state index in [0.717, 1.165) is 14.9 Å². The van der Waals surface area contributed by atoms with Crippen molar-refractivity contribution in [1.29, 1.82) is 0 Å². The first kappa shape index (κ1) is 24.3. The van der Waals surface area contributed by atoms with Crippen LogP contribution in [0.25, 0.3) is 0 Å². The highest BCUT2D eigenvalue weighted by molar-refractivity contribution is 9.10. The lowest BCUT2D eigenvalue weighted by molar-refractivity contribution is -0.123. The number of hydrogen-bond donors (Lipinski definition) is 1. The summed E-state index contributed by atoms with van der Waals surface area (Å²) >= 11 is 16.2. The second-order valence-corrected chi connectivity index (χ2v) is 11.1. The second-order valence-electron chi connectivity index (χ2n) is 9.15. The maximum absolute atomic E-state index is 13.2. The molecule has 1 saturated heterocycles. The number of imide groups is 1. The average Bonchev–Trinajstić information content (AvgIpc) is 3.44. The van der Waals surface area contributed by atoms with E-state index >= 15 is 0 Å². The fraction of sp³-hybridized carbons (Fsp3) is 0.360. The molecule has 0 unspecified atom stereocenters. The Balaban J connectivity index is 1.26. The minimum absolute atomic E-state index is 0.126. The highest BCUT2D eigenvalue weighted by Gasteiger charge is 2.66. The quantitative estimate of drug-likeness (QED) is 0.319. The Hall–Kier alpha value is -2.42. The van der Waals surface area contributed by atoms with E-state index in [1.165, 1.54) is 12.1 Å². The molecule has 5 rings (SSSR count). The molecule has 7 nitrogen and oxygen atoms in total. The molecule has 2 aromatic carbocycles. The Morgan fingerprint density at radius 1 is 1.06 bits per heavy atom. The van der Waals surface area contributed by atoms with Gasteiger partial charge in [0, 0.05) is 10.2 Å². The van der Waals surface area contributed by atoms with Crippen LogP contribution in [0.2, 0.25) is 0 Å². The Morgan fingerprint density at radius 2 is 1.71 bits per heavy atom. The number of esters is 1. The number of hydrogen-bond acceptors (Lipinski definition) is 5. The van der Waals surface area contributed by atoms with Gasteiger partial charge >= 0.3 is 5.97 Å². The van der Waals surface area contributed by atoms with Crippen molar-refractivity contribution in [1.82, 2.24) is 0 Å². The standard InChI is InChI=1S/C25H21BrCl2N2O5/c1-11-7-13(26)5-6-17(11)29-18(31)10-35-25(34)12-3-2-4-14(8-12)30-23(32)19-15-9-16(20(19)24(30)33)22(28)21(15)27/h2-8,15-16,19-22H,9-10H2,1H3,(H,29,31)/t15-,16-,19-,20-,21-,22+/m1/s1. The SMILES string of the molecule is Cc1cc(Br)ccc1NC(=O)COC(=O)c1cccc(N2C(=O)[C@@H]3[C@H]4C[C@@H]([C@@H](Cl)[C@H]4Cl)[C@H]3C2=O)c1. The average molecular weight is 580 g/mol. The number of aryl methyl sites for hydroxylation is 1. The van der Waals surface area contributed by atoms with Gasteiger partial charge in [0.1, 0.15) is 0 Å². The summed E-state index contributed by atoms with van der Waals surface area (Å²) in [6.45, 7) is 1.36. The predicted octanol–water partition coefficient (Wildman–Crippen LogP) is 4.52. The molecule has 2 aliphatic carbocycles. The number of amides is 3. The monoisotopic (exact) mass is 578 g/mol. The maximum atomic E-state index is 13.2. The van der Waals surface area contributed by atoms with Crippen LogP contribution in [0.4, 0.5) is 11.4 Å². The number of ether oxygens (including phenoxy) is 1. The van der Waals surface area contributed by atoms with E-state index in [1.54, 1.807) is 24.3 Å². The number of nitrogens with one attached hydrogen (secondary N) is 1. The van der Waals surface area contributed by atoms with E-state index in [-0.39, 0.29) is 45.7 Å². The molecule has 3 aliphatic rings. The van der Waals surface area contributed by atoms with Gasteiger partial charge in [-0.15, -0.1) is 23.2 Å². The molecule has 35 heavy (non-hydrogen) atoms. The first-order valence-electron chi connectivity index (χ1n) is 11.2. The Morgan fingerprint density at radius 3 is 2.34 bits per heavy atom. The summed E-state index contributed by atoms with van der Waals surface area (Å²) in [6.07, 6.45) is 0.678. The number of carbonyl (C=O) groups excluding carboxylic acids is 4. The summed E-state index contributed by atoms with van der Waals surface area (Å²) in [5.74, 6) is -3.06. The summed E-state index contributed by atoms with van der Waals surface area (Å²) in [5.41, 5.74) is 1.88. The first-order chi connectivity index (χ1) is 16.7. The van der Waals surface area contributed by atoms with Gasteiger partial charge in [-0.25, -0.2) is 4.79 Å². The number of fused-ring (bicyclic) bond motifs is 5.